The van der Waals surface area contributed by atoms with Crippen LogP contribution in [0.25, 0.3) is 0 Å². The van der Waals surface area contributed by atoms with Crippen molar-refractivity contribution in [2.45, 2.75) is 33.8 Å². The van der Waals surface area contributed by atoms with Gasteiger partial charge in [0.25, 0.3) is 0 Å². The third-order valence-corrected chi connectivity index (χ3v) is 3.01. The molecule has 128 valence electrons. The molecule has 5 heteroatoms. The summed E-state index contributed by atoms with van der Waals surface area (Å²) >= 11 is 0. The van der Waals surface area contributed by atoms with E-state index in [9.17, 15) is 0 Å². The van der Waals surface area contributed by atoms with Gasteiger partial charge in [0.05, 0.1) is 45.7 Å². The van der Waals surface area contributed by atoms with Gasteiger partial charge in [0.2, 0.25) is 0 Å². The largest absolute Gasteiger partial charge is 0.382 e. The highest BCUT2D eigenvalue weighted by molar-refractivity contribution is 4.66. The third kappa shape index (κ3) is 14.5. The van der Waals surface area contributed by atoms with Gasteiger partial charge in [-0.25, -0.2) is 0 Å². The molecule has 0 saturated carbocycles. The Kier molecular flexibility index (Phi) is 14.6. The minimum atomic E-state index is 0.241. The van der Waals surface area contributed by atoms with Gasteiger partial charge in [-0.2, -0.15) is 0 Å². The Morgan fingerprint density at radius 1 is 0.762 bits per heavy atom. The molecule has 0 aliphatic heterocycles. The molecule has 0 aromatic carbocycles. The van der Waals surface area contributed by atoms with Gasteiger partial charge in [-0.05, 0) is 18.4 Å². The SMILES string of the molecule is COCCOCCOCCOC(CNCC(C)C)C(C)C. The predicted molar refractivity (Wildman–Crippen MR) is 85.8 cm³/mol. The lowest BCUT2D eigenvalue weighted by molar-refractivity contribution is -0.0281. The lowest BCUT2D eigenvalue weighted by Gasteiger charge is -2.22. The van der Waals surface area contributed by atoms with Gasteiger partial charge < -0.3 is 24.3 Å². The van der Waals surface area contributed by atoms with Gasteiger partial charge >= 0.3 is 0 Å². The molecule has 0 rings (SSSR count). The van der Waals surface area contributed by atoms with E-state index in [4.69, 9.17) is 18.9 Å². The standard InChI is InChI=1S/C16H35NO4/c1-14(2)12-17-13-16(15(3)4)21-11-10-20-9-8-19-7-6-18-5/h14-17H,6-13H2,1-5H3. The summed E-state index contributed by atoms with van der Waals surface area (Å²) in [6, 6.07) is 0. The zero-order valence-corrected chi connectivity index (χ0v) is 14.5. The maximum Gasteiger partial charge on any atom is 0.0723 e. The minimum Gasteiger partial charge on any atom is -0.382 e. The van der Waals surface area contributed by atoms with Crippen molar-refractivity contribution in [2.75, 3.05) is 59.8 Å². The normalized spacial score (nSPS) is 13.3. The molecule has 21 heavy (non-hydrogen) atoms. The molecule has 0 aliphatic rings. The highest BCUT2D eigenvalue weighted by Gasteiger charge is 2.13. The summed E-state index contributed by atoms with van der Waals surface area (Å²) in [6.45, 7) is 14.4. The molecule has 0 fully saturated rings. The van der Waals surface area contributed by atoms with Crippen LogP contribution in [0.5, 0.6) is 0 Å². The molecular formula is C16H35NO4. The van der Waals surface area contributed by atoms with E-state index in [1.165, 1.54) is 0 Å². The molecule has 1 N–H and O–H groups in total. The monoisotopic (exact) mass is 305 g/mol. The molecule has 0 spiro atoms. The summed E-state index contributed by atoms with van der Waals surface area (Å²) in [4.78, 5) is 0. The van der Waals surface area contributed by atoms with E-state index in [1.807, 2.05) is 0 Å². The molecule has 0 radical (unpaired) electrons. The predicted octanol–water partition coefficient (Wildman–Crippen LogP) is 1.95. The van der Waals surface area contributed by atoms with E-state index in [0.717, 1.165) is 13.1 Å². The molecule has 0 heterocycles. The Balaban J connectivity index is 3.47. The van der Waals surface area contributed by atoms with Crippen LogP contribution in [0, 0.1) is 11.8 Å². The zero-order valence-electron chi connectivity index (χ0n) is 14.5. The maximum atomic E-state index is 5.88. The van der Waals surface area contributed by atoms with Crippen LogP contribution in [0.15, 0.2) is 0 Å². The van der Waals surface area contributed by atoms with Crippen LogP contribution in [0.3, 0.4) is 0 Å². The van der Waals surface area contributed by atoms with Crippen LogP contribution in [0.2, 0.25) is 0 Å². The molecule has 1 unspecified atom stereocenters. The molecule has 0 aromatic rings. The van der Waals surface area contributed by atoms with Crippen LogP contribution >= 0.6 is 0 Å². The van der Waals surface area contributed by atoms with Gasteiger partial charge in [0.1, 0.15) is 0 Å². The van der Waals surface area contributed by atoms with E-state index < -0.39 is 0 Å². The van der Waals surface area contributed by atoms with Gasteiger partial charge in [-0.15, -0.1) is 0 Å². The fourth-order valence-electron chi connectivity index (χ4n) is 1.72. The first kappa shape index (κ1) is 20.8. The van der Waals surface area contributed by atoms with Crippen LogP contribution in [0.1, 0.15) is 27.7 Å². The quantitative estimate of drug-likeness (QED) is 0.469. The van der Waals surface area contributed by atoms with E-state index >= 15 is 0 Å². The second-order valence-corrected chi connectivity index (χ2v) is 5.92. The van der Waals surface area contributed by atoms with E-state index in [1.54, 1.807) is 7.11 Å². The van der Waals surface area contributed by atoms with Crippen molar-refractivity contribution in [2.24, 2.45) is 11.8 Å². The smallest absolute Gasteiger partial charge is 0.0723 e. The highest BCUT2D eigenvalue weighted by Crippen LogP contribution is 2.05. The number of rotatable bonds is 15. The minimum absolute atomic E-state index is 0.241. The third-order valence-electron chi connectivity index (χ3n) is 3.01. The molecule has 5 nitrogen and oxygen atoms in total. The van der Waals surface area contributed by atoms with Crippen LogP contribution in [-0.4, -0.2) is 65.9 Å². The van der Waals surface area contributed by atoms with Crippen molar-refractivity contribution < 1.29 is 18.9 Å². The molecule has 0 saturated heterocycles. The summed E-state index contributed by atoms with van der Waals surface area (Å²) in [7, 11) is 1.67. The van der Waals surface area contributed by atoms with E-state index in [0.29, 0.717) is 51.5 Å². The first-order chi connectivity index (χ1) is 10.1. The molecule has 0 aliphatic carbocycles. The summed E-state index contributed by atoms with van der Waals surface area (Å²) in [6.07, 6.45) is 0.241. The van der Waals surface area contributed by atoms with Gasteiger partial charge in [0, 0.05) is 13.7 Å². The van der Waals surface area contributed by atoms with Crippen molar-refractivity contribution in [3.05, 3.63) is 0 Å². The number of hydrogen-bond donors (Lipinski definition) is 1. The second-order valence-electron chi connectivity index (χ2n) is 5.92. The molecule has 0 amide bonds. The van der Waals surface area contributed by atoms with Gasteiger partial charge in [-0.1, -0.05) is 27.7 Å². The van der Waals surface area contributed by atoms with Gasteiger partial charge in [-0.3, -0.25) is 0 Å². The van der Waals surface area contributed by atoms with E-state index in [2.05, 4.69) is 33.0 Å². The van der Waals surface area contributed by atoms with Crippen LogP contribution < -0.4 is 5.32 Å². The van der Waals surface area contributed by atoms with Crippen molar-refractivity contribution in [3.63, 3.8) is 0 Å². The Hall–Kier alpha value is -0.200. The molecule has 0 aromatic heterocycles. The van der Waals surface area contributed by atoms with Gasteiger partial charge in [0.15, 0.2) is 0 Å². The fourth-order valence-corrected chi connectivity index (χ4v) is 1.72. The molecule has 0 bridgehead atoms. The van der Waals surface area contributed by atoms with Crippen molar-refractivity contribution in [1.29, 1.82) is 0 Å². The lowest BCUT2D eigenvalue weighted by atomic mass is 10.1. The lowest BCUT2D eigenvalue weighted by Crippen LogP contribution is -2.35. The van der Waals surface area contributed by atoms with E-state index in [-0.39, 0.29) is 6.10 Å². The Labute approximate surface area is 130 Å². The zero-order chi connectivity index (χ0) is 15.9. The average Bonchev–Trinajstić information content (AvgIpc) is 2.43. The first-order valence-electron chi connectivity index (χ1n) is 8.04. The number of hydrogen-bond acceptors (Lipinski definition) is 5. The summed E-state index contributed by atoms with van der Waals surface area (Å²) in [5.41, 5.74) is 0. The van der Waals surface area contributed by atoms with Crippen LogP contribution in [0.4, 0.5) is 0 Å². The summed E-state index contributed by atoms with van der Waals surface area (Å²) < 4.78 is 21.6. The Morgan fingerprint density at radius 3 is 1.86 bits per heavy atom. The maximum absolute atomic E-state index is 5.88. The highest BCUT2D eigenvalue weighted by atomic mass is 16.6. The number of ether oxygens (including phenoxy) is 4. The summed E-state index contributed by atoms with van der Waals surface area (Å²) in [5, 5.41) is 3.45. The van der Waals surface area contributed by atoms with Crippen molar-refractivity contribution in [3.8, 4) is 0 Å². The topological polar surface area (TPSA) is 49.0 Å². The first-order valence-corrected chi connectivity index (χ1v) is 8.04. The Morgan fingerprint density at radius 2 is 1.33 bits per heavy atom. The fraction of sp³-hybridized carbons (Fsp3) is 1.00. The summed E-state index contributed by atoms with van der Waals surface area (Å²) in [5.74, 6) is 1.17. The van der Waals surface area contributed by atoms with Crippen LogP contribution in [-0.2, 0) is 18.9 Å². The number of nitrogens with one attached hydrogen (secondary N) is 1. The second kappa shape index (κ2) is 14.7. The molecule has 1 atom stereocenters. The number of methoxy groups -OCH3 is 1. The Bertz CT molecular complexity index is 212. The van der Waals surface area contributed by atoms with Crippen molar-refractivity contribution >= 4 is 0 Å². The van der Waals surface area contributed by atoms with Crippen molar-refractivity contribution in [1.82, 2.24) is 5.32 Å². The average molecular weight is 305 g/mol. The molecular weight excluding hydrogens is 270 g/mol.